The molecule has 0 radical (unpaired) electrons. The van der Waals surface area contributed by atoms with Crippen molar-refractivity contribution in [1.82, 2.24) is 19.0 Å². The van der Waals surface area contributed by atoms with Gasteiger partial charge in [-0.3, -0.25) is 4.90 Å². The fourth-order valence-corrected chi connectivity index (χ4v) is 7.13. The fourth-order valence-electron chi connectivity index (χ4n) is 5.54. The van der Waals surface area contributed by atoms with Crippen LogP contribution in [-0.4, -0.2) is 70.5 Å². The maximum Gasteiger partial charge on any atom is 0.256 e. The predicted octanol–water partition coefficient (Wildman–Crippen LogP) is 2.39. The molecule has 0 unspecified atom stereocenters. The average Bonchev–Trinajstić information content (AvgIpc) is 3.41. The van der Waals surface area contributed by atoms with E-state index in [1.807, 2.05) is 0 Å². The van der Waals surface area contributed by atoms with Crippen molar-refractivity contribution in [3.63, 3.8) is 0 Å². The van der Waals surface area contributed by atoms with E-state index in [0.29, 0.717) is 45.0 Å². The first-order valence-corrected chi connectivity index (χ1v) is 13.8. The fraction of sp³-hybridized carbons (Fsp3) is 0.625. The average molecular weight is 510 g/mol. The summed E-state index contributed by atoms with van der Waals surface area (Å²) in [6, 6.07) is 3.21. The van der Waals surface area contributed by atoms with E-state index in [4.69, 9.17) is 10.5 Å². The summed E-state index contributed by atoms with van der Waals surface area (Å²) in [6.45, 7) is 7.19. The number of benzene rings is 1. The summed E-state index contributed by atoms with van der Waals surface area (Å²) in [5.41, 5.74) is 8.10. The summed E-state index contributed by atoms with van der Waals surface area (Å²) < 4.78 is 61.3. The third-order valence-corrected chi connectivity index (χ3v) is 9.68. The van der Waals surface area contributed by atoms with Gasteiger partial charge in [-0.2, -0.15) is 9.19 Å². The highest BCUT2D eigenvalue weighted by Gasteiger charge is 2.39. The van der Waals surface area contributed by atoms with Crippen LogP contribution in [0.5, 0.6) is 0 Å². The van der Waals surface area contributed by atoms with Gasteiger partial charge >= 0.3 is 0 Å². The van der Waals surface area contributed by atoms with E-state index in [-0.39, 0.29) is 11.6 Å². The van der Waals surface area contributed by atoms with Crippen molar-refractivity contribution in [1.29, 1.82) is 0 Å². The highest BCUT2D eigenvalue weighted by atomic mass is 32.2. The molecule has 3 atom stereocenters. The van der Waals surface area contributed by atoms with Crippen LogP contribution in [0.1, 0.15) is 56.0 Å². The van der Waals surface area contributed by atoms with Crippen LogP contribution in [-0.2, 0) is 27.8 Å². The molecule has 11 heteroatoms. The minimum absolute atomic E-state index is 0.0162. The molecule has 0 saturated carbocycles. The standard InChI is InChI=1S/C24H33F2N5O3S/c1-15(2)29-7-5-19(6-8-29)35(32,33)31-12-16-11-30(13-23(16)28-31)18-10-22(27)24(34-14-18)20-9-17(25)3-4-21(20)26/h3-4,9,12,15,18-19,22,24H,5-8,10-11,13-14,27H2,1-2H3/t18-,22+,24-/m1/s1. The van der Waals surface area contributed by atoms with Crippen LogP contribution in [0, 0.1) is 11.6 Å². The molecule has 4 heterocycles. The minimum atomic E-state index is -3.54. The molecule has 2 aromatic rings. The number of nitrogens with two attached hydrogens (primary N) is 1. The highest BCUT2D eigenvalue weighted by molar-refractivity contribution is 7.90. The van der Waals surface area contributed by atoms with Crippen molar-refractivity contribution < 1.29 is 21.9 Å². The van der Waals surface area contributed by atoms with Gasteiger partial charge in [0.2, 0.25) is 0 Å². The van der Waals surface area contributed by atoms with E-state index in [1.165, 1.54) is 4.09 Å². The lowest BCUT2D eigenvalue weighted by atomic mass is 9.93. The molecule has 2 fully saturated rings. The van der Waals surface area contributed by atoms with E-state index in [2.05, 4.69) is 28.7 Å². The molecule has 2 N–H and O–H groups in total. The smallest absolute Gasteiger partial charge is 0.256 e. The van der Waals surface area contributed by atoms with Gasteiger partial charge in [-0.25, -0.2) is 17.2 Å². The SMILES string of the molecule is CC(C)N1CCC(S(=O)(=O)n2cc3c(n2)CN([C@H]2CO[C@H](c4cc(F)ccc4F)[C@@H](N)C2)C3)CC1. The molecular formula is C24H33F2N5O3S. The summed E-state index contributed by atoms with van der Waals surface area (Å²) in [5, 5.41) is 4.03. The lowest BCUT2D eigenvalue weighted by Gasteiger charge is -2.38. The van der Waals surface area contributed by atoms with Crippen molar-refractivity contribution >= 4 is 10.0 Å². The monoisotopic (exact) mass is 509 g/mol. The van der Waals surface area contributed by atoms with Crippen molar-refractivity contribution in [2.24, 2.45) is 5.73 Å². The zero-order valence-electron chi connectivity index (χ0n) is 20.1. The van der Waals surface area contributed by atoms with Gasteiger partial charge in [-0.15, -0.1) is 0 Å². The summed E-state index contributed by atoms with van der Waals surface area (Å²) >= 11 is 0. The first-order chi connectivity index (χ1) is 16.6. The topological polar surface area (TPSA) is 93.7 Å². The summed E-state index contributed by atoms with van der Waals surface area (Å²) in [4.78, 5) is 4.46. The Morgan fingerprint density at radius 2 is 1.91 bits per heavy atom. The number of piperidine rings is 1. The van der Waals surface area contributed by atoms with E-state index < -0.39 is 39.1 Å². The molecule has 1 aromatic carbocycles. The van der Waals surface area contributed by atoms with Gasteiger partial charge < -0.3 is 15.4 Å². The molecule has 0 aliphatic carbocycles. The maximum atomic E-state index is 14.2. The summed E-state index contributed by atoms with van der Waals surface area (Å²) in [7, 11) is -3.54. The lowest BCUT2D eigenvalue weighted by Crippen LogP contribution is -2.48. The highest BCUT2D eigenvalue weighted by Crippen LogP contribution is 2.34. The van der Waals surface area contributed by atoms with E-state index >= 15 is 0 Å². The number of hydrogen-bond donors (Lipinski definition) is 1. The summed E-state index contributed by atoms with van der Waals surface area (Å²) in [6.07, 6.45) is 2.72. The number of nitrogens with zero attached hydrogens (tertiary/aromatic N) is 4. The third-order valence-electron chi connectivity index (χ3n) is 7.65. The first-order valence-electron chi connectivity index (χ1n) is 12.3. The van der Waals surface area contributed by atoms with Crippen molar-refractivity contribution in [3.05, 3.63) is 52.9 Å². The number of ether oxygens (including phenoxy) is 1. The molecule has 5 rings (SSSR count). The Kier molecular flexibility index (Phi) is 6.73. The number of fused-ring (bicyclic) bond motifs is 1. The van der Waals surface area contributed by atoms with Crippen molar-refractivity contribution in [3.8, 4) is 0 Å². The molecular weight excluding hydrogens is 476 g/mol. The Morgan fingerprint density at radius 3 is 2.57 bits per heavy atom. The number of likely N-dealkylation sites (tertiary alicyclic amines) is 1. The Labute approximate surface area is 205 Å². The zero-order valence-corrected chi connectivity index (χ0v) is 20.9. The molecule has 3 aliphatic rings. The normalized spacial score (nSPS) is 27.0. The van der Waals surface area contributed by atoms with Gasteiger partial charge in [-0.1, -0.05) is 0 Å². The minimum Gasteiger partial charge on any atom is -0.370 e. The number of aromatic nitrogens is 2. The van der Waals surface area contributed by atoms with Crippen LogP contribution in [0.2, 0.25) is 0 Å². The molecule has 0 bridgehead atoms. The zero-order chi connectivity index (χ0) is 24.9. The van der Waals surface area contributed by atoms with E-state index in [0.717, 1.165) is 42.5 Å². The van der Waals surface area contributed by atoms with Crippen LogP contribution in [0.3, 0.4) is 0 Å². The molecule has 3 aliphatic heterocycles. The van der Waals surface area contributed by atoms with Crippen LogP contribution in [0.4, 0.5) is 8.78 Å². The maximum absolute atomic E-state index is 14.2. The van der Waals surface area contributed by atoms with Gasteiger partial charge in [0.05, 0.1) is 17.6 Å². The molecule has 35 heavy (non-hydrogen) atoms. The van der Waals surface area contributed by atoms with Gasteiger partial charge in [-0.05, 0) is 64.4 Å². The molecule has 192 valence electrons. The summed E-state index contributed by atoms with van der Waals surface area (Å²) in [5.74, 6) is -1.06. The van der Waals surface area contributed by atoms with E-state index in [1.54, 1.807) is 6.20 Å². The Hall–Kier alpha value is -1.92. The molecule has 0 spiro atoms. The number of hydrogen-bond acceptors (Lipinski definition) is 7. The predicted molar refractivity (Wildman–Crippen MR) is 127 cm³/mol. The van der Waals surface area contributed by atoms with Crippen LogP contribution in [0.25, 0.3) is 0 Å². The van der Waals surface area contributed by atoms with Crippen molar-refractivity contribution in [2.45, 2.75) is 75.7 Å². The van der Waals surface area contributed by atoms with Crippen LogP contribution >= 0.6 is 0 Å². The van der Waals surface area contributed by atoms with Crippen molar-refractivity contribution in [2.75, 3.05) is 19.7 Å². The molecule has 8 nitrogen and oxygen atoms in total. The van der Waals surface area contributed by atoms with Gasteiger partial charge in [0, 0.05) is 48.5 Å². The number of rotatable bonds is 5. The largest absolute Gasteiger partial charge is 0.370 e. The lowest BCUT2D eigenvalue weighted by molar-refractivity contribution is -0.0533. The Morgan fingerprint density at radius 1 is 1.17 bits per heavy atom. The number of halogens is 2. The van der Waals surface area contributed by atoms with Gasteiger partial charge in [0.25, 0.3) is 10.0 Å². The second-order valence-electron chi connectivity index (χ2n) is 10.2. The second-order valence-corrected chi connectivity index (χ2v) is 12.3. The Balaban J connectivity index is 1.21. The van der Waals surface area contributed by atoms with Crippen LogP contribution < -0.4 is 5.73 Å². The molecule has 1 aromatic heterocycles. The van der Waals surface area contributed by atoms with Crippen LogP contribution in [0.15, 0.2) is 24.4 Å². The van der Waals surface area contributed by atoms with Gasteiger partial charge in [0.1, 0.15) is 17.7 Å². The molecule has 2 saturated heterocycles. The van der Waals surface area contributed by atoms with E-state index in [9.17, 15) is 17.2 Å². The quantitative estimate of drug-likeness (QED) is 0.662. The third kappa shape index (κ3) is 4.76. The Bertz CT molecular complexity index is 1160. The first kappa shape index (κ1) is 24.8. The molecule has 0 amide bonds. The van der Waals surface area contributed by atoms with Gasteiger partial charge in [0.15, 0.2) is 0 Å². The second kappa shape index (κ2) is 9.51.